The summed E-state index contributed by atoms with van der Waals surface area (Å²) in [5.74, 6) is 0.849. The predicted molar refractivity (Wildman–Crippen MR) is 68.0 cm³/mol. The largest absolute Gasteiger partial charge is 0.333 e. The molecule has 2 heterocycles. The summed E-state index contributed by atoms with van der Waals surface area (Å²) in [5, 5.41) is 3.40. The Labute approximate surface area is 104 Å². The molecule has 2 aromatic heterocycles. The standard InChI is InChI=1S/C11H14N4OS/c1-4-8(16)14-11-13-7(2)9(17-11)10-12-5-6-15(10)3/h5-6H,4H2,1-3H3,(H,13,14,16). The molecule has 0 radical (unpaired) electrons. The highest BCUT2D eigenvalue weighted by molar-refractivity contribution is 7.19. The topological polar surface area (TPSA) is 59.8 Å². The normalized spacial score (nSPS) is 10.5. The van der Waals surface area contributed by atoms with Gasteiger partial charge in [0.1, 0.15) is 0 Å². The van der Waals surface area contributed by atoms with E-state index in [9.17, 15) is 4.79 Å². The van der Waals surface area contributed by atoms with Gasteiger partial charge in [-0.05, 0) is 6.92 Å². The summed E-state index contributed by atoms with van der Waals surface area (Å²) in [7, 11) is 1.94. The second kappa shape index (κ2) is 4.67. The highest BCUT2D eigenvalue weighted by Crippen LogP contribution is 2.31. The zero-order valence-electron chi connectivity index (χ0n) is 10.0. The molecule has 0 unspecified atom stereocenters. The van der Waals surface area contributed by atoms with E-state index < -0.39 is 0 Å². The first kappa shape index (κ1) is 11.8. The Balaban J connectivity index is 2.31. The molecule has 2 aromatic rings. The van der Waals surface area contributed by atoms with Crippen LogP contribution in [0.25, 0.3) is 10.7 Å². The zero-order chi connectivity index (χ0) is 12.4. The van der Waals surface area contributed by atoms with Gasteiger partial charge in [-0.25, -0.2) is 9.97 Å². The molecule has 1 N–H and O–H groups in total. The van der Waals surface area contributed by atoms with Crippen molar-refractivity contribution in [2.45, 2.75) is 20.3 Å². The summed E-state index contributed by atoms with van der Waals surface area (Å²) >= 11 is 1.45. The van der Waals surface area contributed by atoms with Crippen LogP contribution < -0.4 is 5.32 Å². The molecule has 0 aliphatic heterocycles. The van der Waals surface area contributed by atoms with Gasteiger partial charge in [-0.15, -0.1) is 0 Å². The number of hydrogen-bond acceptors (Lipinski definition) is 4. The first-order valence-corrected chi connectivity index (χ1v) is 6.18. The van der Waals surface area contributed by atoms with Crippen molar-refractivity contribution in [3.63, 3.8) is 0 Å². The molecule has 6 heteroatoms. The average molecular weight is 250 g/mol. The number of hydrogen-bond donors (Lipinski definition) is 1. The fraction of sp³-hybridized carbons (Fsp3) is 0.364. The number of aryl methyl sites for hydroxylation is 2. The molecule has 0 spiro atoms. The SMILES string of the molecule is CCC(=O)Nc1nc(C)c(-c2nccn2C)s1. The third kappa shape index (κ3) is 2.36. The highest BCUT2D eigenvalue weighted by atomic mass is 32.1. The average Bonchev–Trinajstić information content (AvgIpc) is 2.84. The van der Waals surface area contributed by atoms with Gasteiger partial charge in [-0.3, -0.25) is 4.79 Å². The van der Waals surface area contributed by atoms with Crippen molar-refractivity contribution in [2.75, 3.05) is 5.32 Å². The van der Waals surface area contributed by atoms with Gasteiger partial charge in [0.15, 0.2) is 11.0 Å². The summed E-state index contributed by atoms with van der Waals surface area (Å²) in [4.78, 5) is 20.9. The third-order valence-corrected chi connectivity index (χ3v) is 3.46. The number of aromatic nitrogens is 3. The fourth-order valence-corrected chi connectivity index (χ4v) is 2.47. The Morgan fingerprint density at radius 1 is 1.59 bits per heavy atom. The van der Waals surface area contributed by atoms with Gasteiger partial charge in [0, 0.05) is 25.9 Å². The molecule has 17 heavy (non-hydrogen) atoms. The van der Waals surface area contributed by atoms with Gasteiger partial charge in [-0.1, -0.05) is 18.3 Å². The van der Waals surface area contributed by atoms with Crippen molar-refractivity contribution in [3.8, 4) is 10.7 Å². The number of nitrogens with one attached hydrogen (secondary N) is 1. The molecular weight excluding hydrogens is 236 g/mol. The van der Waals surface area contributed by atoms with Gasteiger partial charge in [-0.2, -0.15) is 0 Å². The molecule has 0 bridgehead atoms. The van der Waals surface area contributed by atoms with Crippen LogP contribution in [-0.4, -0.2) is 20.4 Å². The summed E-state index contributed by atoms with van der Waals surface area (Å²) in [6, 6.07) is 0. The molecule has 5 nitrogen and oxygen atoms in total. The molecule has 0 fully saturated rings. The van der Waals surface area contributed by atoms with E-state index in [-0.39, 0.29) is 5.91 Å². The van der Waals surface area contributed by atoms with E-state index in [0.29, 0.717) is 11.6 Å². The molecule has 1 amide bonds. The van der Waals surface area contributed by atoms with Gasteiger partial charge >= 0.3 is 0 Å². The van der Waals surface area contributed by atoms with E-state index in [1.165, 1.54) is 11.3 Å². The van der Waals surface area contributed by atoms with Crippen molar-refractivity contribution < 1.29 is 4.79 Å². The zero-order valence-corrected chi connectivity index (χ0v) is 10.8. The van der Waals surface area contributed by atoms with Crippen LogP contribution >= 0.6 is 11.3 Å². The number of anilines is 1. The lowest BCUT2D eigenvalue weighted by Crippen LogP contribution is -2.08. The lowest BCUT2D eigenvalue weighted by Gasteiger charge is -1.98. The van der Waals surface area contributed by atoms with E-state index in [0.717, 1.165) is 16.4 Å². The lowest BCUT2D eigenvalue weighted by molar-refractivity contribution is -0.115. The minimum absolute atomic E-state index is 0.0230. The Morgan fingerprint density at radius 3 is 2.94 bits per heavy atom. The number of rotatable bonds is 3. The van der Waals surface area contributed by atoms with Crippen molar-refractivity contribution >= 4 is 22.4 Å². The maximum atomic E-state index is 11.3. The fourth-order valence-electron chi connectivity index (χ4n) is 1.45. The number of thiazole rings is 1. The van der Waals surface area contributed by atoms with E-state index in [1.807, 2.05) is 31.7 Å². The lowest BCUT2D eigenvalue weighted by atomic mass is 10.4. The van der Waals surface area contributed by atoms with Gasteiger partial charge < -0.3 is 9.88 Å². The molecule has 90 valence electrons. The van der Waals surface area contributed by atoms with E-state index in [4.69, 9.17) is 0 Å². The summed E-state index contributed by atoms with van der Waals surface area (Å²) in [6.45, 7) is 3.73. The molecule has 0 aliphatic carbocycles. The maximum Gasteiger partial charge on any atom is 0.225 e. The van der Waals surface area contributed by atoms with Gasteiger partial charge in [0.25, 0.3) is 0 Å². The first-order valence-electron chi connectivity index (χ1n) is 5.36. The number of carbonyl (C=O) groups is 1. The van der Waals surface area contributed by atoms with Crippen LogP contribution in [0.2, 0.25) is 0 Å². The van der Waals surface area contributed by atoms with Crippen LogP contribution in [0.15, 0.2) is 12.4 Å². The predicted octanol–water partition coefficient (Wildman–Crippen LogP) is 2.20. The molecule has 0 saturated heterocycles. The second-order valence-electron chi connectivity index (χ2n) is 3.70. The summed E-state index contributed by atoms with van der Waals surface area (Å²) in [5.41, 5.74) is 0.885. The smallest absolute Gasteiger partial charge is 0.225 e. The van der Waals surface area contributed by atoms with Crippen molar-refractivity contribution in [2.24, 2.45) is 7.05 Å². The minimum atomic E-state index is -0.0230. The van der Waals surface area contributed by atoms with Gasteiger partial charge in [0.2, 0.25) is 5.91 Å². The van der Waals surface area contributed by atoms with Crippen LogP contribution in [-0.2, 0) is 11.8 Å². The van der Waals surface area contributed by atoms with Crippen LogP contribution in [0.5, 0.6) is 0 Å². The highest BCUT2D eigenvalue weighted by Gasteiger charge is 2.14. The molecule has 2 rings (SSSR count). The van der Waals surface area contributed by atoms with E-state index in [1.54, 1.807) is 6.20 Å². The van der Waals surface area contributed by atoms with E-state index >= 15 is 0 Å². The minimum Gasteiger partial charge on any atom is -0.333 e. The molecule has 0 aromatic carbocycles. The van der Waals surface area contributed by atoms with Crippen LogP contribution in [0.3, 0.4) is 0 Å². The molecular formula is C11H14N4OS. The van der Waals surface area contributed by atoms with E-state index in [2.05, 4.69) is 15.3 Å². The van der Waals surface area contributed by atoms with Crippen LogP contribution in [0.1, 0.15) is 19.0 Å². The Hall–Kier alpha value is -1.69. The number of amides is 1. The van der Waals surface area contributed by atoms with Crippen molar-refractivity contribution in [1.82, 2.24) is 14.5 Å². The monoisotopic (exact) mass is 250 g/mol. The summed E-state index contributed by atoms with van der Waals surface area (Å²) in [6.07, 6.45) is 4.09. The number of imidazole rings is 1. The van der Waals surface area contributed by atoms with Crippen LogP contribution in [0, 0.1) is 6.92 Å². The van der Waals surface area contributed by atoms with Gasteiger partial charge in [0.05, 0.1) is 10.6 Å². The molecule has 0 aliphatic rings. The van der Waals surface area contributed by atoms with Crippen molar-refractivity contribution in [3.05, 3.63) is 18.1 Å². The quantitative estimate of drug-likeness (QED) is 0.908. The Morgan fingerprint density at radius 2 is 2.35 bits per heavy atom. The number of carbonyl (C=O) groups excluding carboxylic acids is 1. The first-order chi connectivity index (χ1) is 8.11. The van der Waals surface area contributed by atoms with Crippen LogP contribution in [0.4, 0.5) is 5.13 Å². The molecule has 0 atom stereocenters. The number of nitrogens with zero attached hydrogens (tertiary/aromatic N) is 3. The molecule has 0 saturated carbocycles. The summed E-state index contributed by atoms with van der Waals surface area (Å²) < 4.78 is 1.94. The Bertz CT molecular complexity index is 543. The van der Waals surface area contributed by atoms with Crippen molar-refractivity contribution in [1.29, 1.82) is 0 Å². The third-order valence-electron chi connectivity index (χ3n) is 2.39. The Kier molecular flexibility index (Phi) is 3.23. The maximum absolute atomic E-state index is 11.3. The second-order valence-corrected chi connectivity index (χ2v) is 4.70.